The normalized spacial score (nSPS) is 26.1. The Bertz CT molecular complexity index is 343. The van der Waals surface area contributed by atoms with E-state index in [9.17, 15) is 8.42 Å². The third-order valence-corrected chi connectivity index (χ3v) is 4.51. The van der Waals surface area contributed by atoms with E-state index >= 15 is 0 Å². The van der Waals surface area contributed by atoms with Gasteiger partial charge in [0.2, 0.25) is 0 Å². The van der Waals surface area contributed by atoms with Crippen LogP contribution in [-0.4, -0.2) is 83.1 Å². The smallest absolute Gasteiger partial charge is 0.148 e. The monoisotopic (exact) mass is 277 g/mol. The van der Waals surface area contributed by atoms with E-state index in [1.165, 1.54) is 6.26 Å². The molecule has 1 aliphatic heterocycles. The summed E-state index contributed by atoms with van der Waals surface area (Å²) < 4.78 is 21.9. The Morgan fingerprint density at radius 3 is 2.44 bits per heavy atom. The summed E-state index contributed by atoms with van der Waals surface area (Å²) in [5.41, 5.74) is 0. The van der Waals surface area contributed by atoms with Gasteiger partial charge >= 0.3 is 0 Å². The van der Waals surface area contributed by atoms with Crippen LogP contribution in [0.25, 0.3) is 0 Å². The molecule has 0 aromatic heterocycles. The minimum Gasteiger partial charge on any atom is -0.314 e. The Hall–Kier alpha value is -0.170. The summed E-state index contributed by atoms with van der Waals surface area (Å²) in [4.78, 5) is 4.74. The van der Waals surface area contributed by atoms with Gasteiger partial charge in [0.1, 0.15) is 9.84 Å². The molecule has 1 heterocycles. The van der Waals surface area contributed by atoms with Gasteiger partial charge in [0.05, 0.1) is 5.75 Å². The van der Waals surface area contributed by atoms with Gasteiger partial charge in [0, 0.05) is 45.0 Å². The van der Waals surface area contributed by atoms with E-state index in [1.807, 2.05) is 0 Å². The van der Waals surface area contributed by atoms with Crippen molar-refractivity contribution < 1.29 is 8.42 Å². The largest absolute Gasteiger partial charge is 0.314 e. The van der Waals surface area contributed by atoms with E-state index in [1.54, 1.807) is 0 Å². The summed E-state index contributed by atoms with van der Waals surface area (Å²) in [6.07, 6.45) is 1.28. The predicted molar refractivity (Wildman–Crippen MR) is 75.7 cm³/mol. The van der Waals surface area contributed by atoms with E-state index in [4.69, 9.17) is 0 Å². The van der Waals surface area contributed by atoms with Gasteiger partial charge < -0.3 is 15.1 Å². The molecule has 5 nitrogen and oxygen atoms in total. The van der Waals surface area contributed by atoms with Crippen LogP contribution in [0.15, 0.2) is 0 Å². The summed E-state index contributed by atoms with van der Waals surface area (Å²) >= 11 is 0. The van der Waals surface area contributed by atoms with Gasteiger partial charge in [-0.3, -0.25) is 0 Å². The topological polar surface area (TPSA) is 52.7 Å². The number of nitrogens with zero attached hydrogens (tertiary/aromatic N) is 2. The summed E-state index contributed by atoms with van der Waals surface area (Å²) in [6.45, 7) is 6.96. The van der Waals surface area contributed by atoms with Crippen LogP contribution in [0.2, 0.25) is 0 Å². The molecule has 2 unspecified atom stereocenters. The molecular weight excluding hydrogens is 250 g/mol. The number of hydrogen-bond donors (Lipinski definition) is 1. The van der Waals surface area contributed by atoms with Crippen LogP contribution in [0.4, 0.5) is 0 Å². The molecule has 0 amide bonds. The first-order valence-corrected chi connectivity index (χ1v) is 8.63. The molecule has 18 heavy (non-hydrogen) atoms. The van der Waals surface area contributed by atoms with Gasteiger partial charge in [0.25, 0.3) is 0 Å². The number of rotatable bonds is 7. The van der Waals surface area contributed by atoms with Gasteiger partial charge in [-0.25, -0.2) is 8.42 Å². The van der Waals surface area contributed by atoms with Crippen LogP contribution in [0.3, 0.4) is 0 Å². The minimum absolute atomic E-state index is 0.226. The van der Waals surface area contributed by atoms with E-state index < -0.39 is 9.84 Å². The quantitative estimate of drug-likeness (QED) is 0.636. The Morgan fingerprint density at radius 2 is 1.94 bits per heavy atom. The number of sulfone groups is 1. The van der Waals surface area contributed by atoms with Crippen molar-refractivity contribution >= 4 is 9.84 Å². The zero-order valence-corrected chi connectivity index (χ0v) is 12.8. The molecule has 0 bridgehead atoms. The first-order chi connectivity index (χ1) is 8.29. The zero-order chi connectivity index (χ0) is 13.8. The van der Waals surface area contributed by atoms with Crippen molar-refractivity contribution in [3.8, 4) is 0 Å². The molecule has 1 fully saturated rings. The lowest BCUT2D eigenvalue weighted by molar-refractivity contribution is 0.252. The fraction of sp³-hybridized carbons (Fsp3) is 1.00. The number of likely N-dealkylation sites (N-methyl/N-ethyl adjacent to an activating group) is 1. The second kappa shape index (κ2) is 6.84. The molecule has 0 spiro atoms. The van der Waals surface area contributed by atoms with Crippen LogP contribution < -0.4 is 5.32 Å². The molecular formula is C12H27N3O2S. The SMILES string of the molecule is CC1CN(CCNCCS(C)(=O)=O)CC1N(C)C. The molecule has 0 aliphatic carbocycles. The second-order valence-corrected chi connectivity index (χ2v) is 7.91. The lowest BCUT2D eigenvalue weighted by Gasteiger charge is -2.22. The zero-order valence-electron chi connectivity index (χ0n) is 12.0. The predicted octanol–water partition coefficient (Wildman–Crippen LogP) is -0.497. The first kappa shape index (κ1) is 15.9. The molecule has 6 heteroatoms. The maximum absolute atomic E-state index is 11.0. The minimum atomic E-state index is -2.84. The summed E-state index contributed by atoms with van der Waals surface area (Å²) in [7, 11) is 1.43. The Morgan fingerprint density at radius 1 is 1.28 bits per heavy atom. The third kappa shape index (κ3) is 5.65. The van der Waals surface area contributed by atoms with Gasteiger partial charge in [-0.15, -0.1) is 0 Å². The van der Waals surface area contributed by atoms with Crippen molar-refractivity contribution in [3.63, 3.8) is 0 Å². The molecule has 1 saturated heterocycles. The highest BCUT2D eigenvalue weighted by Crippen LogP contribution is 2.19. The lowest BCUT2D eigenvalue weighted by Crippen LogP contribution is -2.36. The van der Waals surface area contributed by atoms with Crippen molar-refractivity contribution in [2.24, 2.45) is 5.92 Å². The van der Waals surface area contributed by atoms with Gasteiger partial charge in [-0.05, 0) is 20.0 Å². The van der Waals surface area contributed by atoms with Crippen LogP contribution in [-0.2, 0) is 9.84 Å². The lowest BCUT2D eigenvalue weighted by atomic mass is 10.1. The molecule has 1 N–H and O–H groups in total. The first-order valence-electron chi connectivity index (χ1n) is 6.57. The van der Waals surface area contributed by atoms with Gasteiger partial charge in [0.15, 0.2) is 0 Å². The summed E-state index contributed by atoms with van der Waals surface area (Å²) in [6, 6.07) is 0.640. The average molecular weight is 277 g/mol. The number of nitrogens with one attached hydrogen (secondary N) is 1. The third-order valence-electron chi connectivity index (χ3n) is 3.57. The average Bonchev–Trinajstić information content (AvgIpc) is 2.57. The molecule has 108 valence electrons. The highest BCUT2D eigenvalue weighted by atomic mass is 32.2. The van der Waals surface area contributed by atoms with Crippen molar-refractivity contribution in [1.29, 1.82) is 0 Å². The Balaban J connectivity index is 2.14. The number of hydrogen-bond acceptors (Lipinski definition) is 5. The molecule has 1 aliphatic rings. The van der Waals surface area contributed by atoms with Gasteiger partial charge in [-0.1, -0.05) is 6.92 Å². The molecule has 1 rings (SSSR count). The summed E-state index contributed by atoms with van der Waals surface area (Å²) in [5, 5.41) is 3.19. The fourth-order valence-electron chi connectivity index (χ4n) is 2.52. The van der Waals surface area contributed by atoms with Crippen molar-refractivity contribution in [2.45, 2.75) is 13.0 Å². The Kier molecular flexibility index (Phi) is 6.04. The van der Waals surface area contributed by atoms with E-state index in [0.717, 1.165) is 26.2 Å². The maximum atomic E-state index is 11.0. The van der Waals surface area contributed by atoms with E-state index in [0.29, 0.717) is 18.5 Å². The van der Waals surface area contributed by atoms with Crippen molar-refractivity contribution in [2.75, 3.05) is 58.8 Å². The van der Waals surface area contributed by atoms with Crippen LogP contribution in [0, 0.1) is 5.92 Å². The fourth-order valence-corrected chi connectivity index (χ4v) is 3.04. The standard InChI is InChI=1S/C12H27N3O2S/c1-11-9-15(10-12(11)14(2)3)7-5-13-6-8-18(4,16)17/h11-13H,5-10H2,1-4H3. The van der Waals surface area contributed by atoms with Gasteiger partial charge in [-0.2, -0.15) is 0 Å². The highest BCUT2D eigenvalue weighted by Gasteiger charge is 2.30. The van der Waals surface area contributed by atoms with Crippen molar-refractivity contribution in [1.82, 2.24) is 15.1 Å². The molecule has 2 atom stereocenters. The maximum Gasteiger partial charge on any atom is 0.148 e. The summed E-state index contributed by atoms with van der Waals surface area (Å²) in [5.74, 6) is 0.931. The molecule has 0 aromatic rings. The Labute approximate surface area is 111 Å². The van der Waals surface area contributed by atoms with Crippen LogP contribution >= 0.6 is 0 Å². The van der Waals surface area contributed by atoms with Crippen LogP contribution in [0.1, 0.15) is 6.92 Å². The molecule has 0 aromatic carbocycles. The van der Waals surface area contributed by atoms with E-state index in [2.05, 4.69) is 36.1 Å². The van der Waals surface area contributed by atoms with E-state index in [-0.39, 0.29) is 5.75 Å². The second-order valence-electron chi connectivity index (χ2n) is 5.65. The molecule has 0 radical (unpaired) electrons. The van der Waals surface area contributed by atoms with Crippen molar-refractivity contribution in [3.05, 3.63) is 0 Å². The van der Waals surface area contributed by atoms with Crippen LogP contribution in [0.5, 0.6) is 0 Å². The molecule has 0 saturated carbocycles. The highest BCUT2D eigenvalue weighted by molar-refractivity contribution is 7.90. The number of likely N-dealkylation sites (tertiary alicyclic amines) is 1.